The molecule has 0 unspecified atom stereocenters. The van der Waals surface area contributed by atoms with Crippen molar-refractivity contribution in [2.24, 2.45) is 0 Å². The van der Waals surface area contributed by atoms with E-state index in [4.69, 9.17) is 5.11 Å². The number of nitrogens with one attached hydrogen (secondary N) is 1. The van der Waals surface area contributed by atoms with Gasteiger partial charge in [-0.3, -0.25) is 14.5 Å². The number of hydrogen-bond acceptors (Lipinski definition) is 4. The molecule has 0 atom stereocenters. The van der Waals surface area contributed by atoms with Crippen LogP contribution in [-0.4, -0.2) is 37.1 Å². The zero-order valence-electron chi connectivity index (χ0n) is 13.4. The average Bonchev–Trinajstić information content (AvgIpc) is 3.31. The van der Waals surface area contributed by atoms with Crippen molar-refractivity contribution in [2.45, 2.75) is 44.8 Å². The minimum absolute atomic E-state index is 0.0208. The molecule has 7 nitrogen and oxygen atoms in total. The van der Waals surface area contributed by atoms with Crippen LogP contribution in [0.2, 0.25) is 0 Å². The molecule has 2 N–H and O–H groups in total. The number of nitrogens with zero attached hydrogens (tertiary/aromatic N) is 3. The Labute approximate surface area is 138 Å². The third-order valence-electron chi connectivity index (χ3n) is 4.74. The van der Waals surface area contributed by atoms with Crippen LogP contribution >= 0.6 is 0 Å². The van der Waals surface area contributed by atoms with Gasteiger partial charge < -0.3 is 14.7 Å². The summed E-state index contributed by atoms with van der Waals surface area (Å²) in [7, 11) is 0. The maximum absolute atomic E-state index is 12.4. The van der Waals surface area contributed by atoms with Gasteiger partial charge in [0, 0.05) is 43.9 Å². The molecule has 1 aliphatic carbocycles. The quantitative estimate of drug-likeness (QED) is 0.857. The van der Waals surface area contributed by atoms with Gasteiger partial charge >= 0.3 is 5.97 Å². The first-order valence-corrected chi connectivity index (χ1v) is 8.30. The summed E-state index contributed by atoms with van der Waals surface area (Å²) in [5, 5.41) is 8.97. The van der Waals surface area contributed by atoms with Gasteiger partial charge in [-0.25, -0.2) is 4.98 Å². The second-order valence-electron chi connectivity index (χ2n) is 6.63. The van der Waals surface area contributed by atoms with Crippen LogP contribution in [-0.2, 0) is 30.8 Å². The third kappa shape index (κ3) is 2.99. The first-order chi connectivity index (χ1) is 11.6. The predicted molar refractivity (Wildman–Crippen MR) is 86.7 cm³/mol. The van der Waals surface area contributed by atoms with E-state index in [0.29, 0.717) is 19.0 Å². The van der Waals surface area contributed by atoms with E-state index >= 15 is 0 Å². The molecule has 0 amide bonds. The van der Waals surface area contributed by atoms with Crippen molar-refractivity contribution in [3.8, 4) is 0 Å². The van der Waals surface area contributed by atoms with E-state index < -0.39 is 5.97 Å². The number of hydrogen-bond donors (Lipinski definition) is 2. The normalized spacial score (nSPS) is 17.7. The van der Waals surface area contributed by atoms with E-state index in [1.165, 1.54) is 0 Å². The van der Waals surface area contributed by atoms with Crippen LogP contribution in [0.3, 0.4) is 0 Å². The van der Waals surface area contributed by atoms with E-state index in [1.807, 2.05) is 12.1 Å². The van der Waals surface area contributed by atoms with Crippen LogP contribution in [0.15, 0.2) is 23.1 Å². The fourth-order valence-corrected chi connectivity index (χ4v) is 3.31. The number of carbonyl (C=O) groups is 1. The molecule has 24 heavy (non-hydrogen) atoms. The molecule has 7 heteroatoms. The van der Waals surface area contributed by atoms with Crippen LogP contribution in [0, 0.1) is 0 Å². The molecule has 0 spiro atoms. The van der Waals surface area contributed by atoms with Crippen LogP contribution in [0.25, 0.3) is 0 Å². The number of rotatable bonds is 5. The van der Waals surface area contributed by atoms with Crippen LogP contribution in [0.1, 0.15) is 41.5 Å². The minimum Gasteiger partial charge on any atom is -0.480 e. The molecule has 2 aromatic rings. The van der Waals surface area contributed by atoms with Crippen molar-refractivity contribution in [1.82, 2.24) is 19.4 Å². The van der Waals surface area contributed by atoms with E-state index in [9.17, 15) is 9.59 Å². The topological polar surface area (TPSA) is 91.2 Å². The SMILES string of the molecule is O=C(O)Cn1cccc1CN1CCc2nc(C3CC3)[nH]c(=O)c2C1. The van der Waals surface area contributed by atoms with Crippen LogP contribution < -0.4 is 5.56 Å². The van der Waals surface area contributed by atoms with Crippen molar-refractivity contribution in [3.05, 3.63) is 51.5 Å². The Morgan fingerprint density at radius 1 is 1.42 bits per heavy atom. The Bertz CT molecular complexity index is 835. The highest BCUT2D eigenvalue weighted by atomic mass is 16.4. The van der Waals surface area contributed by atoms with Gasteiger partial charge in [0.25, 0.3) is 5.56 Å². The van der Waals surface area contributed by atoms with Gasteiger partial charge in [-0.1, -0.05) is 0 Å². The van der Waals surface area contributed by atoms with E-state index in [2.05, 4.69) is 14.9 Å². The lowest BCUT2D eigenvalue weighted by Gasteiger charge is -2.28. The summed E-state index contributed by atoms with van der Waals surface area (Å²) in [5.41, 5.74) is 2.60. The van der Waals surface area contributed by atoms with Gasteiger partial charge in [0.2, 0.25) is 0 Å². The minimum atomic E-state index is -0.857. The standard InChI is InChI=1S/C17H20N4O3/c22-15(23)10-21-6-1-2-12(21)8-20-7-5-14-13(9-20)17(24)19-16(18-14)11-3-4-11/h1-2,6,11H,3-5,7-10H2,(H,22,23)(H,18,19,24). The van der Waals surface area contributed by atoms with Gasteiger partial charge in [-0.15, -0.1) is 0 Å². The van der Waals surface area contributed by atoms with Gasteiger partial charge in [0.1, 0.15) is 12.4 Å². The monoisotopic (exact) mass is 328 g/mol. The third-order valence-corrected chi connectivity index (χ3v) is 4.74. The number of aromatic amines is 1. The lowest BCUT2D eigenvalue weighted by Crippen LogP contribution is -2.36. The first-order valence-electron chi connectivity index (χ1n) is 8.30. The molecule has 2 aromatic heterocycles. The van der Waals surface area contributed by atoms with Crippen molar-refractivity contribution < 1.29 is 9.90 Å². The molecule has 4 rings (SSSR count). The van der Waals surface area contributed by atoms with E-state index in [1.54, 1.807) is 10.8 Å². The first kappa shape index (κ1) is 15.1. The van der Waals surface area contributed by atoms with Crippen molar-refractivity contribution in [2.75, 3.05) is 6.54 Å². The number of fused-ring (bicyclic) bond motifs is 1. The Morgan fingerprint density at radius 2 is 2.25 bits per heavy atom. The fraction of sp³-hybridized carbons (Fsp3) is 0.471. The van der Waals surface area contributed by atoms with Crippen molar-refractivity contribution in [1.29, 1.82) is 0 Å². The lowest BCUT2D eigenvalue weighted by molar-refractivity contribution is -0.137. The Balaban J connectivity index is 1.51. The fourth-order valence-electron chi connectivity index (χ4n) is 3.31. The highest BCUT2D eigenvalue weighted by Crippen LogP contribution is 2.37. The second kappa shape index (κ2) is 5.90. The zero-order valence-corrected chi connectivity index (χ0v) is 13.4. The smallest absolute Gasteiger partial charge is 0.323 e. The number of aliphatic carboxylic acids is 1. The maximum Gasteiger partial charge on any atom is 0.323 e. The van der Waals surface area contributed by atoms with Crippen LogP contribution in [0.5, 0.6) is 0 Å². The molecule has 0 saturated heterocycles. The largest absolute Gasteiger partial charge is 0.480 e. The summed E-state index contributed by atoms with van der Waals surface area (Å²) in [6.07, 6.45) is 4.78. The summed E-state index contributed by atoms with van der Waals surface area (Å²) in [5.74, 6) is 0.438. The second-order valence-corrected chi connectivity index (χ2v) is 6.63. The zero-order chi connectivity index (χ0) is 16.7. The molecule has 126 valence electrons. The van der Waals surface area contributed by atoms with Crippen molar-refractivity contribution >= 4 is 5.97 Å². The number of aromatic nitrogens is 3. The molecular formula is C17H20N4O3. The Kier molecular flexibility index (Phi) is 3.72. The molecule has 0 aromatic carbocycles. The number of carboxylic acid groups (broad SMARTS) is 1. The summed E-state index contributed by atoms with van der Waals surface area (Å²) in [4.78, 5) is 33.1. The molecule has 1 saturated carbocycles. The van der Waals surface area contributed by atoms with Gasteiger partial charge in [-0.05, 0) is 25.0 Å². The Hall–Kier alpha value is -2.41. The molecule has 0 radical (unpaired) electrons. The number of H-pyrrole nitrogens is 1. The maximum atomic E-state index is 12.4. The molecule has 0 bridgehead atoms. The average molecular weight is 328 g/mol. The molecule has 1 aliphatic heterocycles. The van der Waals surface area contributed by atoms with Gasteiger partial charge in [0.05, 0.1) is 11.3 Å². The van der Waals surface area contributed by atoms with Gasteiger partial charge in [0.15, 0.2) is 0 Å². The molecule has 2 aliphatic rings. The lowest BCUT2D eigenvalue weighted by atomic mass is 10.1. The highest BCUT2D eigenvalue weighted by molar-refractivity contribution is 5.66. The molecular weight excluding hydrogens is 308 g/mol. The van der Waals surface area contributed by atoms with Crippen molar-refractivity contribution in [3.63, 3.8) is 0 Å². The number of carboxylic acids is 1. The van der Waals surface area contributed by atoms with Crippen LogP contribution in [0.4, 0.5) is 0 Å². The Morgan fingerprint density at radius 3 is 3.00 bits per heavy atom. The van der Waals surface area contributed by atoms with E-state index in [-0.39, 0.29) is 12.1 Å². The summed E-state index contributed by atoms with van der Waals surface area (Å²) < 4.78 is 1.73. The summed E-state index contributed by atoms with van der Waals surface area (Å²) in [6.45, 7) is 1.97. The predicted octanol–water partition coefficient (Wildman–Crippen LogP) is 1.09. The summed E-state index contributed by atoms with van der Waals surface area (Å²) in [6, 6.07) is 3.78. The molecule has 1 fully saturated rings. The molecule has 3 heterocycles. The highest BCUT2D eigenvalue weighted by Gasteiger charge is 2.29. The summed E-state index contributed by atoms with van der Waals surface area (Å²) >= 11 is 0. The van der Waals surface area contributed by atoms with E-state index in [0.717, 1.165) is 48.6 Å². The van der Waals surface area contributed by atoms with Gasteiger partial charge in [-0.2, -0.15) is 0 Å².